The summed E-state index contributed by atoms with van der Waals surface area (Å²) in [4.78, 5) is 25.0. The lowest BCUT2D eigenvalue weighted by molar-refractivity contribution is 0.0779. The molecule has 0 spiro atoms. The zero-order valence-electron chi connectivity index (χ0n) is 13.9. The second kappa shape index (κ2) is 7.84. The van der Waals surface area contributed by atoms with Gasteiger partial charge in [-0.2, -0.15) is 0 Å². The van der Waals surface area contributed by atoms with E-state index in [-0.39, 0.29) is 5.91 Å². The molecule has 0 saturated carbocycles. The average Bonchev–Trinajstić information content (AvgIpc) is 2.91. The number of carbonyl (C=O) groups is 1. The number of carbonyl (C=O) groups excluding carboxylic acids is 1. The summed E-state index contributed by atoms with van der Waals surface area (Å²) in [5.41, 5.74) is 0.602. The summed E-state index contributed by atoms with van der Waals surface area (Å²) in [6.45, 7) is 6.00. The quantitative estimate of drug-likeness (QED) is 0.766. The third-order valence-corrected chi connectivity index (χ3v) is 5.13. The van der Waals surface area contributed by atoms with Crippen LogP contribution < -0.4 is 0 Å². The van der Waals surface area contributed by atoms with E-state index < -0.39 is 0 Å². The molecule has 1 aromatic heterocycles. The molecule has 0 N–H and O–H groups in total. The fraction of sp³-hybridized carbons (Fsp3) is 0.706. The number of aromatic nitrogens is 2. The lowest BCUT2D eigenvalue weighted by Crippen LogP contribution is -2.31. The van der Waals surface area contributed by atoms with Gasteiger partial charge in [0.2, 0.25) is 0 Å². The van der Waals surface area contributed by atoms with Crippen LogP contribution in [-0.2, 0) is 4.74 Å². The summed E-state index contributed by atoms with van der Waals surface area (Å²) < 4.78 is 5.14. The van der Waals surface area contributed by atoms with E-state index in [2.05, 4.69) is 14.9 Å². The molecule has 126 valence electrons. The lowest BCUT2D eigenvalue weighted by Gasteiger charge is -2.21. The summed E-state index contributed by atoms with van der Waals surface area (Å²) in [6, 6.07) is 0. The van der Waals surface area contributed by atoms with Gasteiger partial charge in [-0.15, -0.1) is 0 Å². The largest absolute Gasteiger partial charge is 0.385 e. The molecule has 3 heterocycles. The van der Waals surface area contributed by atoms with Gasteiger partial charge in [0.05, 0.1) is 5.56 Å². The third-order valence-electron chi connectivity index (χ3n) is 5.13. The Hall–Kier alpha value is -1.53. The van der Waals surface area contributed by atoms with E-state index in [4.69, 9.17) is 4.74 Å². The van der Waals surface area contributed by atoms with Crippen molar-refractivity contribution in [1.82, 2.24) is 19.8 Å². The summed E-state index contributed by atoms with van der Waals surface area (Å²) >= 11 is 0. The van der Waals surface area contributed by atoms with E-state index in [0.717, 1.165) is 45.8 Å². The molecule has 2 atom stereocenters. The Bertz CT molecular complexity index is 495. The van der Waals surface area contributed by atoms with E-state index in [1.165, 1.54) is 19.2 Å². The second-order valence-electron chi connectivity index (χ2n) is 6.62. The molecule has 6 heteroatoms. The molecule has 2 aliphatic rings. The van der Waals surface area contributed by atoms with Crippen molar-refractivity contribution in [3.05, 3.63) is 24.3 Å². The maximum absolute atomic E-state index is 12.5. The molecule has 0 unspecified atom stereocenters. The van der Waals surface area contributed by atoms with Gasteiger partial charge in [-0.1, -0.05) is 0 Å². The zero-order valence-corrected chi connectivity index (χ0v) is 13.9. The maximum atomic E-state index is 12.5. The van der Waals surface area contributed by atoms with Crippen LogP contribution in [0.4, 0.5) is 0 Å². The van der Waals surface area contributed by atoms with Crippen LogP contribution in [0.3, 0.4) is 0 Å². The van der Waals surface area contributed by atoms with Crippen molar-refractivity contribution in [3.63, 3.8) is 0 Å². The van der Waals surface area contributed by atoms with Gasteiger partial charge in [0, 0.05) is 45.7 Å². The number of fused-ring (bicyclic) bond motifs is 1. The Morgan fingerprint density at radius 2 is 1.87 bits per heavy atom. The number of likely N-dealkylation sites (tertiary alicyclic amines) is 2. The van der Waals surface area contributed by atoms with Gasteiger partial charge < -0.3 is 14.5 Å². The molecule has 1 amide bonds. The molecule has 6 nitrogen and oxygen atoms in total. The minimum Gasteiger partial charge on any atom is -0.385 e. The molecule has 2 fully saturated rings. The Kier molecular flexibility index (Phi) is 5.56. The Balaban J connectivity index is 1.52. The molecule has 3 rings (SSSR count). The third kappa shape index (κ3) is 4.06. The minimum absolute atomic E-state index is 0.0793. The first kappa shape index (κ1) is 16.3. The molecule has 0 aliphatic carbocycles. The minimum atomic E-state index is 0.0793. The van der Waals surface area contributed by atoms with Crippen LogP contribution in [0.1, 0.15) is 29.6 Å². The van der Waals surface area contributed by atoms with Crippen LogP contribution in [-0.4, -0.2) is 72.1 Å². The Labute approximate surface area is 137 Å². The van der Waals surface area contributed by atoms with Crippen molar-refractivity contribution in [2.45, 2.75) is 19.3 Å². The molecular formula is C17H26N4O2. The smallest absolute Gasteiger partial charge is 0.257 e. The number of amides is 1. The second-order valence-corrected chi connectivity index (χ2v) is 6.62. The molecule has 0 radical (unpaired) electrons. The van der Waals surface area contributed by atoms with Crippen molar-refractivity contribution in [2.75, 3.05) is 46.4 Å². The molecule has 0 aromatic carbocycles. The Morgan fingerprint density at radius 3 is 2.48 bits per heavy atom. The van der Waals surface area contributed by atoms with Gasteiger partial charge >= 0.3 is 0 Å². The van der Waals surface area contributed by atoms with Crippen molar-refractivity contribution in [1.29, 1.82) is 0 Å². The van der Waals surface area contributed by atoms with Crippen LogP contribution in [0.25, 0.3) is 0 Å². The van der Waals surface area contributed by atoms with Crippen LogP contribution >= 0.6 is 0 Å². The SMILES string of the molecule is COCCCN1CC[C@@H]2CN(C(=O)c3cncnc3)C[C@@H]2CC1. The van der Waals surface area contributed by atoms with Gasteiger partial charge in [-0.25, -0.2) is 9.97 Å². The van der Waals surface area contributed by atoms with Crippen molar-refractivity contribution in [2.24, 2.45) is 11.8 Å². The maximum Gasteiger partial charge on any atom is 0.257 e. The molecule has 23 heavy (non-hydrogen) atoms. The molecule has 0 bridgehead atoms. The van der Waals surface area contributed by atoms with Gasteiger partial charge in [0.25, 0.3) is 5.91 Å². The molecular weight excluding hydrogens is 292 g/mol. The van der Waals surface area contributed by atoms with Crippen molar-refractivity contribution >= 4 is 5.91 Å². The Morgan fingerprint density at radius 1 is 1.22 bits per heavy atom. The number of hydrogen-bond acceptors (Lipinski definition) is 5. The summed E-state index contributed by atoms with van der Waals surface area (Å²) in [5.74, 6) is 1.35. The lowest BCUT2D eigenvalue weighted by atomic mass is 9.92. The van der Waals surface area contributed by atoms with Crippen LogP contribution in [0.2, 0.25) is 0 Å². The molecule has 1 aromatic rings. The highest BCUT2D eigenvalue weighted by Gasteiger charge is 2.37. The predicted octanol–water partition coefficient (Wildman–Crippen LogP) is 1.30. The van der Waals surface area contributed by atoms with E-state index in [0.29, 0.717) is 17.4 Å². The number of rotatable bonds is 5. The summed E-state index contributed by atoms with van der Waals surface area (Å²) in [6.07, 6.45) is 8.16. The highest BCUT2D eigenvalue weighted by Crippen LogP contribution is 2.32. The first-order chi connectivity index (χ1) is 11.3. The van der Waals surface area contributed by atoms with Gasteiger partial charge in [-0.3, -0.25) is 4.79 Å². The van der Waals surface area contributed by atoms with Crippen LogP contribution in [0.15, 0.2) is 18.7 Å². The monoisotopic (exact) mass is 318 g/mol. The fourth-order valence-corrected chi connectivity index (χ4v) is 3.82. The van der Waals surface area contributed by atoms with E-state index in [9.17, 15) is 4.79 Å². The van der Waals surface area contributed by atoms with E-state index in [1.54, 1.807) is 19.5 Å². The van der Waals surface area contributed by atoms with Gasteiger partial charge in [0.15, 0.2) is 0 Å². The average molecular weight is 318 g/mol. The highest BCUT2D eigenvalue weighted by atomic mass is 16.5. The zero-order chi connectivity index (χ0) is 16.1. The molecule has 2 saturated heterocycles. The van der Waals surface area contributed by atoms with Crippen molar-refractivity contribution in [3.8, 4) is 0 Å². The number of nitrogens with zero attached hydrogens (tertiary/aromatic N) is 4. The number of hydrogen-bond donors (Lipinski definition) is 0. The summed E-state index contributed by atoms with van der Waals surface area (Å²) in [7, 11) is 1.76. The fourth-order valence-electron chi connectivity index (χ4n) is 3.82. The predicted molar refractivity (Wildman–Crippen MR) is 87.1 cm³/mol. The molecule has 2 aliphatic heterocycles. The first-order valence-electron chi connectivity index (χ1n) is 8.53. The van der Waals surface area contributed by atoms with E-state index >= 15 is 0 Å². The standard InChI is InChI=1S/C17H26N4O2/c1-23-8-2-5-20-6-3-14-11-21(12-15(14)4-7-20)17(22)16-9-18-13-19-10-16/h9-10,13-15H,2-8,11-12H2,1H3/t14-,15+. The van der Waals surface area contributed by atoms with Crippen LogP contribution in [0, 0.1) is 11.8 Å². The highest BCUT2D eigenvalue weighted by molar-refractivity contribution is 5.93. The number of methoxy groups -OCH3 is 1. The first-order valence-corrected chi connectivity index (χ1v) is 8.53. The van der Waals surface area contributed by atoms with Gasteiger partial charge in [-0.05, 0) is 44.2 Å². The number of ether oxygens (including phenoxy) is 1. The van der Waals surface area contributed by atoms with E-state index in [1.807, 2.05) is 4.90 Å². The van der Waals surface area contributed by atoms with Gasteiger partial charge in [0.1, 0.15) is 6.33 Å². The normalized spacial score (nSPS) is 25.2. The summed E-state index contributed by atoms with van der Waals surface area (Å²) in [5, 5.41) is 0. The van der Waals surface area contributed by atoms with Crippen molar-refractivity contribution < 1.29 is 9.53 Å². The topological polar surface area (TPSA) is 58.6 Å². The van der Waals surface area contributed by atoms with Crippen LogP contribution in [0.5, 0.6) is 0 Å².